The van der Waals surface area contributed by atoms with Gasteiger partial charge in [-0.05, 0) is 43.5 Å². The number of likely N-dealkylation sites (tertiary alicyclic amines) is 1. The number of benzene rings is 1. The molecule has 3 unspecified atom stereocenters. The number of nitrogens with zero attached hydrogens (tertiary/aromatic N) is 4. The van der Waals surface area contributed by atoms with Crippen molar-refractivity contribution >= 4 is 29.9 Å². The van der Waals surface area contributed by atoms with Gasteiger partial charge in [0.05, 0.1) is 26.0 Å². The van der Waals surface area contributed by atoms with Gasteiger partial charge in [0.2, 0.25) is 0 Å². The van der Waals surface area contributed by atoms with Crippen LogP contribution in [0.25, 0.3) is 0 Å². The van der Waals surface area contributed by atoms with Crippen LogP contribution in [0.5, 0.6) is 11.5 Å². The lowest BCUT2D eigenvalue weighted by Gasteiger charge is -2.39. The number of hydrogen-bond acceptors (Lipinski definition) is 4. The summed E-state index contributed by atoms with van der Waals surface area (Å²) in [6.45, 7) is 6.96. The summed E-state index contributed by atoms with van der Waals surface area (Å²) in [5, 5.41) is 3.46. The van der Waals surface area contributed by atoms with E-state index in [4.69, 9.17) is 9.47 Å². The van der Waals surface area contributed by atoms with E-state index in [9.17, 15) is 0 Å². The Bertz CT molecular complexity index is 751. The Hall–Kier alpha value is -1.97. The number of imidazole rings is 1. The summed E-state index contributed by atoms with van der Waals surface area (Å²) in [4.78, 5) is 11.0. The van der Waals surface area contributed by atoms with Crippen LogP contribution in [-0.2, 0) is 0 Å². The number of guanidine groups is 1. The second-order valence-corrected chi connectivity index (χ2v) is 7.32. The van der Waals surface area contributed by atoms with E-state index in [1.165, 1.54) is 0 Å². The summed E-state index contributed by atoms with van der Waals surface area (Å²) < 4.78 is 13.4. The summed E-state index contributed by atoms with van der Waals surface area (Å²) >= 11 is 0. The molecule has 1 N–H and O–H groups in total. The number of rotatable bonds is 6. The van der Waals surface area contributed by atoms with Crippen molar-refractivity contribution in [2.45, 2.75) is 32.4 Å². The fourth-order valence-electron chi connectivity index (χ4n) is 3.59. The van der Waals surface area contributed by atoms with Gasteiger partial charge >= 0.3 is 0 Å². The largest absolute Gasteiger partial charge is 0.497 e. The van der Waals surface area contributed by atoms with Gasteiger partial charge < -0.3 is 24.3 Å². The highest BCUT2D eigenvalue weighted by atomic mass is 127. The van der Waals surface area contributed by atoms with Gasteiger partial charge in [-0.15, -0.1) is 24.0 Å². The maximum atomic E-state index is 5.99. The van der Waals surface area contributed by atoms with Crippen LogP contribution >= 0.6 is 24.0 Å². The maximum Gasteiger partial charge on any atom is 0.193 e. The van der Waals surface area contributed by atoms with Crippen LogP contribution in [0.3, 0.4) is 0 Å². The van der Waals surface area contributed by atoms with Gasteiger partial charge in [0.1, 0.15) is 17.6 Å². The highest BCUT2D eigenvalue weighted by Gasteiger charge is 2.29. The van der Waals surface area contributed by atoms with E-state index < -0.39 is 0 Å². The zero-order chi connectivity index (χ0) is 19.9. The lowest BCUT2D eigenvalue weighted by atomic mass is 9.93. The van der Waals surface area contributed by atoms with Gasteiger partial charge in [-0.2, -0.15) is 0 Å². The van der Waals surface area contributed by atoms with Gasteiger partial charge in [-0.1, -0.05) is 6.92 Å². The maximum absolute atomic E-state index is 5.99. The molecule has 8 heteroatoms. The van der Waals surface area contributed by atoms with Gasteiger partial charge in [0.25, 0.3) is 0 Å². The highest BCUT2D eigenvalue weighted by molar-refractivity contribution is 14.0. The number of nitrogens with one attached hydrogen (secondary N) is 1. The molecule has 7 nitrogen and oxygen atoms in total. The van der Waals surface area contributed by atoms with E-state index in [1.54, 1.807) is 7.11 Å². The summed E-state index contributed by atoms with van der Waals surface area (Å²) in [5.74, 6) is 3.19. The molecule has 2 aromatic rings. The fourth-order valence-corrected chi connectivity index (χ4v) is 3.59. The van der Waals surface area contributed by atoms with Crippen molar-refractivity contribution < 1.29 is 9.47 Å². The van der Waals surface area contributed by atoms with Crippen LogP contribution in [-0.4, -0.2) is 60.3 Å². The second-order valence-electron chi connectivity index (χ2n) is 7.32. The Labute approximate surface area is 190 Å². The molecule has 1 aromatic heterocycles. The Morgan fingerprint density at radius 2 is 2.03 bits per heavy atom. The molecule has 2 heterocycles. The van der Waals surface area contributed by atoms with Crippen molar-refractivity contribution in [2.24, 2.45) is 10.9 Å². The Balaban J connectivity index is 0.00000300. The third-order valence-corrected chi connectivity index (χ3v) is 5.28. The van der Waals surface area contributed by atoms with Crippen molar-refractivity contribution in [1.82, 2.24) is 19.8 Å². The third-order valence-electron chi connectivity index (χ3n) is 5.28. The first-order valence-corrected chi connectivity index (χ1v) is 9.84. The molecule has 0 amide bonds. The highest BCUT2D eigenvalue weighted by Crippen LogP contribution is 2.27. The van der Waals surface area contributed by atoms with E-state index >= 15 is 0 Å². The first-order valence-electron chi connectivity index (χ1n) is 9.84. The lowest BCUT2D eigenvalue weighted by molar-refractivity contribution is 0.184. The van der Waals surface area contributed by atoms with E-state index in [0.717, 1.165) is 37.0 Å². The quantitative estimate of drug-likeness (QED) is 0.365. The van der Waals surface area contributed by atoms with E-state index in [0.29, 0.717) is 18.5 Å². The predicted octanol–water partition coefficient (Wildman–Crippen LogP) is 3.44. The van der Waals surface area contributed by atoms with Crippen LogP contribution in [0, 0.1) is 5.92 Å². The third kappa shape index (κ3) is 6.25. The lowest BCUT2D eigenvalue weighted by Crippen LogP contribution is -2.50. The average Bonchev–Trinajstić information content (AvgIpc) is 3.24. The number of aromatic nitrogens is 2. The van der Waals surface area contributed by atoms with Crippen LogP contribution in [0.1, 0.15) is 26.3 Å². The molecule has 1 saturated heterocycles. The fraction of sp³-hybridized carbons (Fsp3) is 0.524. The molecule has 0 aliphatic carbocycles. The number of hydrogen-bond donors (Lipinski definition) is 1. The summed E-state index contributed by atoms with van der Waals surface area (Å²) in [6.07, 6.45) is 6.94. The van der Waals surface area contributed by atoms with E-state index in [-0.39, 0.29) is 30.1 Å². The number of piperidine rings is 1. The normalized spacial score (nSPS) is 20.6. The number of aliphatic imine (C=N–C) groups is 1. The molecule has 0 radical (unpaired) electrons. The monoisotopic (exact) mass is 513 g/mol. The summed E-state index contributed by atoms with van der Waals surface area (Å²) in [6, 6.07) is 8.06. The molecule has 3 atom stereocenters. The molecular weight excluding hydrogens is 481 g/mol. The van der Waals surface area contributed by atoms with Crippen LogP contribution in [0.15, 0.2) is 48.0 Å². The molecule has 160 valence electrons. The first-order chi connectivity index (χ1) is 13.6. The van der Waals surface area contributed by atoms with Crippen molar-refractivity contribution in [3.63, 3.8) is 0 Å². The van der Waals surface area contributed by atoms with Crippen molar-refractivity contribution in [1.29, 1.82) is 0 Å². The molecule has 1 aliphatic rings. The topological polar surface area (TPSA) is 63.9 Å². The van der Waals surface area contributed by atoms with Crippen molar-refractivity contribution in [3.8, 4) is 11.5 Å². The summed E-state index contributed by atoms with van der Waals surface area (Å²) in [7, 11) is 3.49. The van der Waals surface area contributed by atoms with E-state index in [2.05, 4.69) is 38.6 Å². The second kappa shape index (κ2) is 11.3. The smallest absolute Gasteiger partial charge is 0.193 e. The van der Waals surface area contributed by atoms with Gasteiger partial charge in [0, 0.05) is 32.5 Å². The molecule has 29 heavy (non-hydrogen) atoms. The average molecular weight is 513 g/mol. The molecular formula is C21H32IN5O2. The molecule has 1 aromatic carbocycles. The van der Waals surface area contributed by atoms with Crippen LogP contribution in [0.4, 0.5) is 0 Å². The number of ether oxygens (including phenoxy) is 2. The zero-order valence-corrected chi connectivity index (χ0v) is 19.9. The minimum atomic E-state index is 0. The van der Waals surface area contributed by atoms with Crippen molar-refractivity contribution in [3.05, 3.63) is 43.0 Å². The molecule has 0 saturated carbocycles. The Kier molecular flexibility index (Phi) is 9.06. The van der Waals surface area contributed by atoms with Gasteiger partial charge in [-0.3, -0.25) is 4.99 Å². The van der Waals surface area contributed by atoms with Gasteiger partial charge in [-0.25, -0.2) is 4.98 Å². The van der Waals surface area contributed by atoms with Gasteiger partial charge in [0.15, 0.2) is 5.96 Å². The minimum Gasteiger partial charge on any atom is -0.497 e. The van der Waals surface area contributed by atoms with E-state index in [1.807, 2.05) is 50.0 Å². The Morgan fingerprint density at radius 3 is 2.66 bits per heavy atom. The van der Waals surface area contributed by atoms with Crippen molar-refractivity contribution in [2.75, 3.05) is 33.8 Å². The van der Waals surface area contributed by atoms with Crippen LogP contribution < -0.4 is 14.8 Å². The standard InChI is InChI=1S/C21H31N5O2.HI/c1-16-9-11-25(14-20(16)26-12-10-23-15-26)21(22-3)24-13-17(2)28-19-7-5-18(27-4)6-8-19;/h5-8,10,12,15-17,20H,9,11,13-14H2,1-4H3,(H,22,24);1H. The minimum absolute atomic E-state index is 0. The number of halogens is 1. The first kappa shape index (κ1) is 23.3. The Morgan fingerprint density at radius 1 is 1.31 bits per heavy atom. The zero-order valence-electron chi connectivity index (χ0n) is 17.6. The SMILES string of the molecule is CN=C(NCC(C)Oc1ccc(OC)cc1)N1CCC(C)C(n2ccnc2)C1.I. The molecule has 1 fully saturated rings. The summed E-state index contributed by atoms with van der Waals surface area (Å²) in [5.41, 5.74) is 0. The molecule has 0 spiro atoms. The molecule has 1 aliphatic heterocycles. The predicted molar refractivity (Wildman–Crippen MR) is 126 cm³/mol. The number of methoxy groups -OCH3 is 1. The molecule has 3 rings (SSSR count). The van der Waals surface area contributed by atoms with Crippen LogP contribution in [0.2, 0.25) is 0 Å². The molecule has 0 bridgehead atoms.